The van der Waals surface area contributed by atoms with Crippen LogP contribution in [0.1, 0.15) is 39.0 Å². The van der Waals surface area contributed by atoms with E-state index in [-0.39, 0.29) is 6.10 Å². The molecular formula is C18H24O. The highest BCUT2D eigenvalue weighted by Gasteiger charge is 2.50. The van der Waals surface area contributed by atoms with Gasteiger partial charge in [-0.3, -0.25) is 0 Å². The lowest BCUT2D eigenvalue weighted by atomic mass is 9.55. The highest BCUT2D eigenvalue weighted by atomic mass is 16.3. The van der Waals surface area contributed by atoms with Crippen molar-refractivity contribution in [3.05, 3.63) is 36.0 Å². The number of hydrogen-bond donors (Lipinski definition) is 1. The van der Waals surface area contributed by atoms with E-state index in [0.717, 1.165) is 17.8 Å². The third-order valence-corrected chi connectivity index (χ3v) is 6.40. The minimum Gasteiger partial charge on any atom is -0.385 e. The van der Waals surface area contributed by atoms with Crippen LogP contribution >= 0.6 is 0 Å². The molecular weight excluding hydrogens is 232 g/mol. The maximum Gasteiger partial charge on any atom is 0.0908 e. The second-order valence-corrected chi connectivity index (χ2v) is 7.36. The molecule has 0 aromatic heterocycles. The van der Waals surface area contributed by atoms with E-state index < -0.39 is 0 Å². The second kappa shape index (κ2) is 4.09. The van der Waals surface area contributed by atoms with Crippen molar-refractivity contribution in [1.29, 1.82) is 0 Å². The second-order valence-electron chi connectivity index (χ2n) is 7.36. The number of aliphatic hydroxyl groups excluding tert-OH is 1. The van der Waals surface area contributed by atoms with E-state index in [1.165, 1.54) is 37.7 Å². The quantitative estimate of drug-likeness (QED) is 0.652. The van der Waals surface area contributed by atoms with Crippen molar-refractivity contribution in [2.75, 3.05) is 0 Å². The van der Waals surface area contributed by atoms with Gasteiger partial charge in [-0.25, -0.2) is 0 Å². The van der Waals surface area contributed by atoms with Crippen LogP contribution in [0.5, 0.6) is 0 Å². The first kappa shape index (κ1) is 12.0. The van der Waals surface area contributed by atoms with Crippen molar-refractivity contribution in [3.8, 4) is 0 Å². The van der Waals surface area contributed by atoms with Crippen LogP contribution in [-0.4, -0.2) is 11.2 Å². The Hall–Kier alpha value is -0.820. The maximum absolute atomic E-state index is 9.74. The molecule has 0 aromatic rings. The molecule has 19 heavy (non-hydrogen) atoms. The Balaban J connectivity index is 1.70. The van der Waals surface area contributed by atoms with Gasteiger partial charge < -0.3 is 5.11 Å². The van der Waals surface area contributed by atoms with Gasteiger partial charge in [-0.05, 0) is 60.5 Å². The molecule has 1 N–H and O–H groups in total. The maximum atomic E-state index is 9.74. The van der Waals surface area contributed by atoms with Gasteiger partial charge in [0.1, 0.15) is 0 Å². The van der Waals surface area contributed by atoms with Gasteiger partial charge in [-0.2, -0.15) is 0 Å². The Bertz CT molecular complexity index is 472. The predicted molar refractivity (Wildman–Crippen MR) is 77.5 cm³/mol. The molecule has 2 saturated carbocycles. The summed E-state index contributed by atoms with van der Waals surface area (Å²) in [6.07, 6.45) is 17.8. The summed E-state index contributed by atoms with van der Waals surface area (Å²) in [7, 11) is 0. The van der Waals surface area contributed by atoms with Crippen LogP contribution in [0.3, 0.4) is 0 Å². The fourth-order valence-corrected chi connectivity index (χ4v) is 5.40. The molecule has 0 spiro atoms. The summed E-state index contributed by atoms with van der Waals surface area (Å²) in [4.78, 5) is 0. The first-order chi connectivity index (χ1) is 9.17. The average Bonchev–Trinajstić information content (AvgIpc) is 2.79. The summed E-state index contributed by atoms with van der Waals surface area (Å²) in [5, 5.41) is 9.74. The Morgan fingerprint density at radius 1 is 1.16 bits per heavy atom. The Morgan fingerprint density at radius 2 is 2.05 bits per heavy atom. The third-order valence-electron chi connectivity index (χ3n) is 6.40. The van der Waals surface area contributed by atoms with E-state index in [9.17, 15) is 5.11 Å². The Morgan fingerprint density at radius 3 is 2.95 bits per heavy atom. The molecule has 4 aliphatic carbocycles. The summed E-state index contributed by atoms with van der Waals surface area (Å²) in [5.41, 5.74) is 1.97. The zero-order chi connectivity index (χ0) is 13.0. The molecule has 1 nitrogen and oxygen atoms in total. The van der Waals surface area contributed by atoms with E-state index in [2.05, 4.69) is 25.2 Å². The number of aliphatic hydroxyl groups is 1. The largest absolute Gasteiger partial charge is 0.385 e. The summed E-state index contributed by atoms with van der Waals surface area (Å²) >= 11 is 0. The minimum atomic E-state index is -0.368. The van der Waals surface area contributed by atoms with Crippen molar-refractivity contribution in [1.82, 2.24) is 0 Å². The van der Waals surface area contributed by atoms with E-state index in [4.69, 9.17) is 0 Å². The standard InChI is InChI=1S/C18H24O/c1-18-9-2-3-17(18)16-6-4-12-11-13(19)5-7-14(12)15(16)8-10-18/h4-7,11,13-17,19H,2-3,8-10H2,1H3/t13?,14-,15+,16+,17-,18-/m0/s1. The van der Waals surface area contributed by atoms with Crippen LogP contribution in [0.15, 0.2) is 36.0 Å². The molecule has 0 saturated heterocycles. The topological polar surface area (TPSA) is 20.2 Å². The molecule has 6 atom stereocenters. The highest BCUT2D eigenvalue weighted by Crippen LogP contribution is 2.59. The lowest BCUT2D eigenvalue weighted by molar-refractivity contribution is 0.0503. The molecule has 1 heteroatoms. The highest BCUT2D eigenvalue weighted by molar-refractivity contribution is 5.37. The van der Waals surface area contributed by atoms with E-state index in [0.29, 0.717) is 11.3 Å². The van der Waals surface area contributed by atoms with Crippen molar-refractivity contribution in [2.45, 2.75) is 45.1 Å². The number of fused-ring (bicyclic) bond motifs is 5. The summed E-state index contributed by atoms with van der Waals surface area (Å²) in [5.74, 6) is 3.05. The van der Waals surface area contributed by atoms with Crippen LogP contribution in [0.4, 0.5) is 0 Å². The number of allylic oxidation sites excluding steroid dienone is 4. The molecule has 0 amide bonds. The van der Waals surface area contributed by atoms with Crippen LogP contribution in [0.25, 0.3) is 0 Å². The van der Waals surface area contributed by atoms with Gasteiger partial charge in [0.25, 0.3) is 0 Å². The van der Waals surface area contributed by atoms with E-state index >= 15 is 0 Å². The molecule has 0 heterocycles. The summed E-state index contributed by atoms with van der Waals surface area (Å²) < 4.78 is 0. The van der Waals surface area contributed by atoms with Gasteiger partial charge in [0.05, 0.1) is 6.10 Å². The fourth-order valence-electron chi connectivity index (χ4n) is 5.40. The van der Waals surface area contributed by atoms with Gasteiger partial charge in [0.2, 0.25) is 0 Å². The number of hydrogen-bond acceptors (Lipinski definition) is 1. The zero-order valence-electron chi connectivity index (χ0n) is 11.8. The SMILES string of the molecule is C[C@@]12CCC[C@H]1[C@@H]1C=CC3=CC(O)C=C[C@@H]3[C@H]1CC2. The normalized spacial score (nSPS) is 51.3. The molecule has 4 aliphatic rings. The molecule has 0 aromatic carbocycles. The number of rotatable bonds is 0. The molecule has 2 fully saturated rings. The molecule has 1 unspecified atom stereocenters. The van der Waals surface area contributed by atoms with Crippen LogP contribution < -0.4 is 0 Å². The molecule has 0 radical (unpaired) electrons. The van der Waals surface area contributed by atoms with Crippen molar-refractivity contribution in [2.24, 2.45) is 29.1 Å². The Kier molecular flexibility index (Phi) is 2.57. The monoisotopic (exact) mass is 256 g/mol. The third kappa shape index (κ3) is 1.71. The lowest BCUT2D eigenvalue weighted by Gasteiger charge is -2.50. The van der Waals surface area contributed by atoms with Crippen molar-refractivity contribution in [3.63, 3.8) is 0 Å². The van der Waals surface area contributed by atoms with Gasteiger partial charge in [0.15, 0.2) is 0 Å². The molecule has 0 aliphatic heterocycles. The molecule has 102 valence electrons. The minimum absolute atomic E-state index is 0.368. The molecule has 4 rings (SSSR count). The summed E-state index contributed by atoms with van der Waals surface area (Å²) in [6, 6.07) is 0. The van der Waals surface area contributed by atoms with Gasteiger partial charge in [0, 0.05) is 5.92 Å². The van der Waals surface area contributed by atoms with Gasteiger partial charge in [-0.15, -0.1) is 0 Å². The van der Waals surface area contributed by atoms with Crippen LogP contribution in [0.2, 0.25) is 0 Å². The van der Waals surface area contributed by atoms with Gasteiger partial charge >= 0.3 is 0 Å². The van der Waals surface area contributed by atoms with Crippen molar-refractivity contribution >= 4 is 0 Å². The molecule has 0 bridgehead atoms. The van der Waals surface area contributed by atoms with E-state index in [1.54, 1.807) is 0 Å². The lowest BCUT2D eigenvalue weighted by Crippen LogP contribution is -2.42. The van der Waals surface area contributed by atoms with Crippen LogP contribution in [-0.2, 0) is 0 Å². The average molecular weight is 256 g/mol. The predicted octanol–water partition coefficient (Wildman–Crippen LogP) is 3.86. The smallest absolute Gasteiger partial charge is 0.0908 e. The van der Waals surface area contributed by atoms with Gasteiger partial charge in [-0.1, -0.05) is 37.6 Å². The van der Waals surface area contributed by atoms with Crippen molar-refractivity contribution < 1.29 is 5.11 Å². The fraction of sp³-hybridized carbons (Fsp3) is 0.667. The first-order valence-electron chi connectivity index (χ1n) is 7.94. The van der Waals surface area contributed by atoms with Crippen LogP contribution in [0, 0.1) is 29.1 Å². The summed E-state index contributed by atoms with van der Waals surface area (Å²) in [6.45, 7) is 2.53. The zero-order valence-corrected chi connectivity index (χ0v) is 11.8. The first-order valence-corrected chi connectivity index (χ1v) is 7.94. The van der Waals surface area contributed by atoms with E-state index in [1.807, 2.05) is 12.2 Å². The Labute approximate surface area is 116 Å².